The first-order chi connectivity index (χ1) is 11.1. The van der Waals surface area contributed by atoms with Crippen LogP contribution in [0.15, 0.2) is 36.4 Å². The molecule has 0 aliphatic heterocycles. The number of hydrogen-bond acceptors (Lipinski definition) is 6. The SMILES string of the molecule is CO[C@H](CC/C=C/C(=O)NO)[C@H](O)c1ccc(OCCO)cc1. The van der Waals surface area contributed by atoms with Crippen molar-refractivity contribution in [2.75, 3.05) is 20.3 Å². The van der Waals surface area contributed by atoms with E-state index in [0.717, 1.165) is 0 Å². The Kier molecular flexibility index (Phi) is 8.93. The molecule has 128 valence electrons. The van der Waals surface area contributed by atoms with Crippen LogP contribution in [0.1, 0.15) is 24.5 Å². The van der Waals surface area contributed by atoms with E-state index in [1.54, 1.807) is 30.3 Å². The molecule has 1 aromatic carbocycles. The van der Waals surface area contributed by atoms with E-state index in [9.17, 15) is 9.90 Å². The first-order valence-corrected chi connectivity index (χ1v) is 7.27. The third-order valence-electron chi connectivity index (χ3n) is 3.23. The predicted octanol–water partition coefficient (Wildman–Crippen LogP) is 0.948. The number of aliphatic hydroxyl groups is 2. The number of amides is 1. The highest BCUT2D eigenvalue weighted by atomic mass is 16.5. The molecule has 4 N–H and O–H groups in total. The van der Waals surface area contributed by atoms with Gasteiger partial charge in [-0.2, -0.15) is 0 Å². The molecule has 0 spiro atoms. The van der Waals surface area contributed by atoms with Gasteiger partial charge in [0.15, 0.2) is 0 Å². The molecule has 0 bridgehead atoms. The van der Waals surface area contributed by atoms with Crippen molar-refractivity contribution < 1.29 is 29.7 Å². The van der Waals surface area contributed by atoms with Crippen molar-refractivity contribution >= 4 is 5.91 Å². The van der Waals surface area contributed by atoms with Crippen LogP contribution in [-0.4, -0.2) is 47.8 Å². The molecule has 0 heterocycles. The van der Waals surface area contributed by atoms with Gasteiger partial charge in [-0.05, 0) is 30.5 Å². The summed E-state index contributed by atoms with van der Waals surface area (Å²) in [6, 6.07) is 6.90. The van der Waals surface area contributed by atoms with Crippen LogP contribution >= 0.6 is 0 Å². The summed E-state index contributed by atoms with van der Waals surface area (Å²) in [6.07, 6.45) is 2.59. The fourth-order valence-corrected chi connectivity index (χ4v) is 2.03. The maximum atomic E-state index is 10.8. The minimum absolute atomic E-state index is 0.0576. The summed E-state index contributed by atoms with van der Waals surface area (Å²) >= 11 is 0. The number of carbonyl (C=O) groups excluding carboxylic acids is 1. The van der Waals surface area contributed by atoms with Crippen molar-refractivity contribution in [3.63, 3.8) is 0 Å². The van der Waals surface area contributed by atoms with Crippen LogP contribution in [0.25, 0.3) is 0 Å². The maximum Gasteiger partial charge on any atom is 0.267 e. The lowest BCUT2D eigenvalue weighted by molar-refractivity contribution is -0.124. The Labute approximate surface area is 135 Å². The normalized spacial score (nSPS) is 13.7. The van der Waals surface area contributed by atoms with Gasteiger partial charge in [-0.1, -0.05) is 18.2 Å². The van der Waals surface area contributed by atoms with Gasteiger partial charge in [0.25, 0.3) is 5.91 Å². The smallest absolute Gasteiger partial charge is 0.267 e. The quantitative estimate of drug-likeness (QED) is 0.290. The van der Waals surface area contributed by atoms with Crippen molar-refractivity contribution in [3.05, 3.63) is 42.0 Å². The fourth-order valence-electron chi connectivity index (χ4n) is 2.03. The average Bonchev–Trinajstić information content (AvgIpc) is 2.59. The maximum absolute atomic E-state index is 10.8. The van der Waals surface area contributed by atoms with Gasteiger partial charge in [0.1, 0.15) is 18.5 Å². The molecule has 1 amide bonds. The highest BCUT2D eigenvalue weighted by Crippen LogP contribution is 2.24. The van der Waals surface area contributed by atoms with E-state index in [2.05, 4.69) is 0 Å². The van der Waals surface area contributed by atoms with Crippen LogP contribution in [0.2, 0.25) is 0 Å². The first-order valence-electron chi connectivity index (χ1n) is 7.27. The van der Waals surface area contributed by atoms with Gasteiger partial charge in [-0.3, -0.25) is 10.0 Å². The molecule has 0 aromatic heterocycles. The van der Waals surface area contributed by atoms with Gasteiger partial charge in [-0.15, -0.1) is 0 Å². The zero-order valence-corrected chi connectivity index (χ0v) is 13.0. The molecule has 23 heavy (non-hydrogen) atoms. The van der Waals surface area contributed by atoms with Gasteiger partial charge in [0, 0.05) is 13.2 Å². The molecule has 7 nitrogen and oxygen atoms in total. The van der Waals surface area contributed by atoms with Crippen LogP contribution in [0.3, 0.4) is 0 Å². The van der Waals surface area contributed by atoms with Crippen molar-refractivity contribution in [1.29, 1.82) is 0 Å². The van der Waals surface area contributed by atoms with Crippen molar-refractivity contribution in [2.45, 2.75) is 25.0 Å². The van der Waals surface area contributed by atoms with E-state index in [4.69, 9.17) is 19.8 Å². The summed E-state index contributed by atoms with van der Waals surface area (Å²) in [7, 11) is 1.51. The summed E-state index contributed by atoms with van der Waals surface area (Å²) in [5.74, 6) is 0.0138. The van der Waals surface area contributed by atoms with E-state index < -0.39 is 18.1 Å². The standard InChI is InChI=1S/C16H23NO6/c1-22-14(4-2-3-5-15(19)17-21)16(20)12-6-8-13(9-7-12)23-11-10-18/h3,5-9,14,16,18,20-21H,2,4,10-11H2,1H3,(H,17,19)/b5-3+/t14-,16-/m1/s1. The molecule has 0 saturated carbocycles. The Morgan fingerprint density at radius 1 is 1.35 bits per heavy atom. The number of carbonyl (C=O) groups is 1. The molecule has 7 heteroatoms. The van der Waals surface area contributed by atoms with Gasteiger partial charge in [-0.25, -0.2) is 5.48 Å². The average molecular weight is 325 g/mol. The molecule has 0 aliphatic carbocycles. The lowest BCUT2D eigenvalue weighted by Gasteiger charge is -2.21. The minimum Gasteiger partial charge on any atom is -0.491 e. The number of methoxy groups -OCH3 is 1. The highest BCUT2D eigenvalue weighted by Gasteiger charge is 2.19. The largest absolute Gasteiger partial charge is 0.491 e. The third kappa shape index (κ3) is 6.79. The zero-order valence-electron chi connectivity index (χ0n) is 13.0. The van der Waals surface area contributed by atoms with E-state index >= 15 is 0 Å². The molecule has 0 radical (unpaired) electrons. The summed E-state index contributed by atoms with van der Waals surface area (Å²) < 4.78 is 10.6. The summed E-state index contributed by atoms with van der Waals surface area (Å²) in [5, 5.41) is 27.4. The number of allylic oxidation sites excluding steroid dienone is 1. The van der Waals surface area contributed by atoms with E-state index in [-0.39, 0.29) is 13.2 Å². The Hall–Kier alpha value is -1.93. The van der Waals surface area contributed by atoms with Crippen molar-refractivity contribution in [3.8, 4) is 5.75 Å². The molecule has 1 rings (SSSR count). The van der Waals surface area contributed by atoms with Crippen LogP contribution in [0, 0.1) is 0 Å². The van der Waals surface area contributed by atoms with Crippen LogP contribution in [0.4, 0.5) is 0 Å². The van der Waals surface area contributed by atoms with E-state index in [1.807, 2.05) is 0 Å². The van der Waals surface area contributed by atoms with Gasteiger partial charge < -0.3 is 19.7 Å². The number of nitrogens with one attached hydrogen (secondary N) is 1. The molecular formula is C16H23NO6. The third-order valence-corrected chi connectivity index (χ3v) is 3.23. The molecule has 0 unspecified atom stereocenters. The second kappa shape index (κ2) is 10.7. The monoisotopic (exact) mass is 325 g/mol. The number of ether oxygens (including phenoxy) is 2. The van der Waals surface area contributed by atoms with Gasteiger partial charge in [0.2, 0.25) is 0 Å². The fraction of sp³-hybridized carbons (Fsp3) is 0.438. The number of aliphatic hydroxyl groups excluding tert-OH is 2. The van der Waals surface area contributed by atoms with Crippen LogP contribution < -0.4 is 10.2 Å². The summed E-state index contributed by atoms with van der Waals surface area (Å²) in [6.45, 7) is 0.161. The number of rotatable bonds is 10. The molecule has 0 aliphatic rings. The Morgan fingerprint density at radius 3 is 2.61 bits per heavy atom. The first kappa shape index (κ1) is 19.1. The molecular weight excluding hydrogens is 302 g/mol. The van der Waals surface area contributed by atoms with Crippen LogP contribution in [0.5, 0.6) is 5.75 Å². The minimum atomic E-state index is -0.813. The number of hydroxylamine groups is 1. The van der Waals surface area contributed by atoms with Crippen LogP contribution in [-0.2, 0) is 9.53 Å². The van der Waals surface area contributed by atoms with Crippen molar-refractivity contribution in [1.82, 2.24) is 5.48 Å². The summed E-state index contributed by atoms with van der Waals surface area (Å²) in [4.78, 5) is 10.8. The molecule has 2 atom stereocenters. The second-order valence-corrected chi connectivity index (χ2v) is 4.82. The number of hydrogen-bond donors (Lipinski definition) is 4. The Balaban J connectivity index is 2.56. The lowest BCUT2D eigenvalue weighted by atomic mass is 10.0. The van der Waals surface area contributed by atoms with E-state index in [0.29, 0.717) is 24.2 Å². The molecule has 0 fully saturated rings. The topological polar surface area (TPSA) is 108 Å². The predicted molar refractivity (Wildman–Crippen MR) is 83.1 cm³/mol. The van der Waals surface area contributed by atoms with Gasteiger partial charge >= 0.3 is 0 Å². The highest BCUT2D eigenvalue weighted by molar-refractivity contribution is 5.86. The second-order valence-electron chi connectivity index (χ2n) is 4.82. The summed E-state index contributed by atoms with van der Waals surface area (Å²) in [5.41, 5.74) is 2.19. The van der Waals surface area contributed by atoms with E-state index in [1.165, 1.54) is 18.7 Å². The Morgan fingerprint density at radius 2 is 2.04 bits per heavy atom. The van der Waals surface area contributed by atoms with Gasteiger partial charge in [0.05, 0.1) is 12.7 Å². The Bertz CT molecular complexity index is 488. The zero-order chi connectivity index (χ0) is 17.1. The lowest BCUT2D eigenvalue weighted by Crippen LogP contribution is -2.21. The molecule has 0 saturated heterocycles. The van der Waals surface area contributed by atoms with Crippen molar-refractivity contribution in [2.24, 2.45) is 0 Å². The molecule has 1 aromatic rings. The number of benzene rings is 1.